The first-order valence-corrected chi connectivity index (χ1v) is 11.4. The van der Waals surface area contributed by atoms with Gasteiger partial charge in [0.15, 0.2) is 0 Å². The number of carbonyl (C=O) groups is 2. The largest absolute Gasteiger partial charge is 0.325 e. The first-order chi connectivity index (χ1) is 15.8. The van der Waals surface area contributed by atoms with Gasteiger partial charge in [-0.2, -0.15) is 0 Å². The van der Waals surface area contributed by atoms with Crippen LogP contribution in [-0.4, -0.2) is 22.0 Å². The summed E-state index contributed by atoms with van der Waals surface area (Å²) in [7, 11) is 0. The van der Waals surface area contributed by atoms with Gasteiger partial charge >= 0.3 is 0 Å². The SMILES string of the molecule is CCC(Sc1cccc(NC(=O)c2cccc(Cl)c2)c1)C(=O)Nc1cc([N+](=O)[O-])ccc1C. The predicted octanol–water partition coefficient (Wildman–Crippen LogP) is 6.32. The van der Waals surface area contributed by atoms with Crippen LogP contribution in [0, 0.1) is 17.0 Å². The fourth-order valence-electron chi connectivity index (χ4n) is 3.04. The van der Waals surface area contributed by atoms with Gasteiger partial charge in [0.25, 0.3) is 11.6 Å². The van der Waals surface area contributed by atoms with Crippen molar-refractivity contribution in [3.63, 3.8) is 0 Å². The van der Waals surface area contributed by atoms with E-state index in [4.69, 9.17) is 11.6 Å². The minimum atomic E-state index is -0.496. The average molecular weight is 484 g/mol. The number of hydrogen-bond donors (Lipinski definition) is 2. The number of aryl methyl sites for hydroxylation is 1. The second-order valence-corrected chi connectivity index (χ2v) is 8.97. The van der Waals surface area contributed by atoms with Crippen molar-refractivity contribution in [3.8, 4) is 0 Å². The molecule has 2 N–H and O–H groups in total. The molecule has 0 heterocycles. The molecular weight excluding hydrogens is 462 g/mol. The van der Waals surface area contributed by atoms with Gasteiger partial charge in [-0.25, -0.2) is 0 Å². The van der Waals surface area contributed by atoms with E-state index >= 15 is 0 Å². The van der Waals surface area contributed by atoms with E-state index in [9.17, 15) is 19.7 Å². The first-order valence-electron chi connectivity index (χ1n) is 10.2. The smallest absolute Gasteiger partial charge is 0.271 e. The van der Waals surface area contributed by atoms with E-state index in [1.807, 2.05) is 13.0 Å². The Hall–Kier alpha value is -3.36. The van der Waals surface area contributed by atoms with Crippen LogP contribution in [0.1, 0.15) is 29.3 Å². The van der Waals surface area contributed by atoms with Crippen molar-refractivity contribution in [1.29, 1.82) is 0 Å². The van der Waals surface area contributed by atoms with Gasteiger partial charge < -0.3 is 10.6 Å². The highest BCUT2D eigenvalue weighted by Gasteiger charge is 2.20. The van der Waals surface area contributed by atoms with Gasteiger partial charge in [-0.3, -0.25) is 19.7 Å². The van der Waals surface area contributed by atoms with Crippen LogP contribution in [0.25, 0.3) is 0 Å². The van der Waals surface area contributed by atoms with Crippen molar-refractivity contribution in [1.82, 2.24) is 0 Å². The number of nitro groups is 1. The normalized spacial score (nSPS) is 11.5. The summed E-state index contributed by atoms with van der Waals surface area (Å²) < 4.78 is 0. The number of thioether (sulfide) groups is 1. The molecule has 2 amide bonds. The molecule has 1 atom stereocenters. The molecule has 3 rings (SSSR count). The zero-order valence-corrected chi connectivity index (χ0v) is 19.6. The summed E-state index contributed by atoms with van der Waals surface area (Å²) in [5, 5.41) is 16.7. The molecule has 170 valence electrons. The monoisotopic (exact) mass is 483 g/mol. The van der Waals surface area contributed by atoms with Crippen LogP contribution >= 0.6 is 23.4 Å². The number of nitrogens with zero attached hydrogens (tertiary/aromatic N) is 1. The van der Waals surface area contributed by atoms with E-state index < -0.39 is 10.2 Å². The van der Waals surface area contributed by atoms with E-state index in [0.717, 1.165) is 10.5 Å². The number of benzene rings is 3. The molecular formula is C24H22ClN3O4S. The van der Waals surface area contributed by atoms with E-state index in [2.05, 4.69) is 10.6 Å². The number of nitro benzene ring substituents is 1. The van der Waals surface area contributed by atoms with Gasteiger partial charge in [-0.1, -0.05) is 36.7 Å². The van der Waals surface area contributed by atoms with Gasteiger partial charge in [0, 0.05) is 33.3 Å². The molecule has 0 fully saturated rings. The van der Waals surface area contributed by atoms with E-state index in [-0.39, 0.29) is 17.5 Å². The third kappa shape index (κ3) is 6.57. The Bertz CT molecular complexity index is 1200. The first kappa shape index (κ1) is 24.3. The van der Waals surface area contributed by atoms with Gasteiger partial charge in [-0.05, 0) is 55.3 Å². The lowest BCUT2D eigenvalue weighted by atomic mass is 10.1. The number of anilines is 2. The van der Waals surface area contributed by atoms with Crippen LogP contribution in [0.15, 0.2) is 71.6 Å². The van der Waals surface area contributed by atoms with Gasteiger partial charge in [0.2, 0.25) is 5.91 Å². The quantitative estimate of drug-likeness (QED) is 0.222. The zero-order valence-electron chi connectivity index (χ0n) is 18.0. The summed E-state index contributed by atoms with van der Waals surface area (Å²) in [5.41, 5.74) is 2.10. The van der Waals surface area contributed by atoms with E-state index in [1.165, 1.54) is 23.9 Å². The molecule has 0 aliphatic carbocycles. The highest BCUT2D eigenvalue weighted by Crippen LogP contribution is 2.30. The van der Waals surface area contributed by atoms with Gasteiger partial charge in [0.05, 0.1) is 15.9 Å². The van der Waals surface area contributed by atoms with Gasteiger partial charge in [-0.15, -0.1) is 11.8 Å². The van der Waals surface area contributed by atoms with Crippen molar-refractivity contribution in [2.75, 3.05) is 10.6 Å². The molecule has 1 unspecified atom stereocenters. The highest BCUT2D eigenvalue weighted by molar-refractivity contribution is 8.00. The topological polar surface area (TPSA) is 101 Å². The molecule has 0 aromatic heterocycles. The Morgan fingerprint density at radius 2 is 1.82 bits per heavy atom. The van der Waals surface area contributed by atoms with Crippen molar-refractivity contribution < 1.29 is 14.5 Å². The number of amides is 2. The van der Waals surface area contributed by atoms with Crippen LogP contribution in [0.3, 0.4) is 0 Å². The second kappa shape index (κ2) is 11.0. The Labute approximate surface area is 200 Å². The fraction of sp³-hybridized carbons (Fsp3) is 0.167. The number of carbonyl (C=O) groups excluding carboxylic acids is 2. The highest BCUT2D eigenvalue weighted by atomic mass is 35.5. The third-order valence-corrected chi connectivity index (χ3v) is 6.40. The number of nitrogens with one attached hydrogen (secondary N) is 2. The van der Waals surface area contributed by atoms with Crippen molar-refractivity contribution >= 4 is 52.2 Å². The Morgan fingerprint density at radius 3 is 2.52 bits per heavy atom. The Balaban J connectivity index is 1.70. The van der Waals surface area contributed by atoms with Crippen LogP contribution < -0.4 is 10.6 Å². The van der Waals surface area contributed by atoms with Crippen molar-refractivity contribution in [2.24, 2.45) is 0 Å². The molecule has 7 nitrogen and oxygen atoms in total. The molecule has 0 saturated heterocycles. The van der Waals surface area contributed by atoms with Crippen LogP contribution in [-0.2, 0) is 4.79 Å². The maximum absolute atomic E-state index is 12.9. The molecule has 0 aliphatic heterocycles. The minimum Gasteiger partial charge on any atom is -0.325 e. The van der Waals surface area contributed by atoms with E-state index in [1.54, 1.807) is 55.5 Å². The summed E-state index contributed by atoms with van der Waals surface area (Å²) in [4.78, 5) is 36.7. The summed E-state index contributed by atoms with van der Waals surface area (Å²) >= 11 is 7.31. The molecule has 0 saturated carbocycles. The molecule has 0 bridgehead atoms. The number of halogens is 1. The van der Waals surface area contributed by atoms with Crippen molar-refractivity contribution in [3.05, 3.63) is 93.0 Å². The maximum atomic E-state index is 12.9. The van der Waals surface area contributed by atoms with Crippen LogP contribution in [0.4, 0.5) is 17.1 Å². The summed E-state index contributed by atoms with van der Waals surface area (Å²) in [5.74, 6) is -0.537. The number of non-ortho nitro benzene ring substituents is 1. The van der Waals surface area contributed by atoms with Gasteiger partial charge in [0.1, 0.15) is 0 Å². The van der Waals surface area contributed by atoms with Crippen molar-refractivity contribution in [2.45, 2.75) is 30.4 Å². The van der Waals surface area contributed by atoms with E-state index in [0.29, 0.717) is 28.4 Å². The maximum Gasteiger partial charge on any atom is 0.271 e. The summed E-state index contributed by atoms with van der Waals surface area (Å²) in [6.45, 7) is 3.67. The lowest BCUT2D eigenvalue weighted by Gasteiger charge is -2.16. The summed E-state index contributed by atoms with van der Waals surface area (Å²) in [6, 6.07) is 18.2. The van der Waals surface area contributed by atoms with Crippen LogP contribution in [0.5, 0.6) is 0 Å². The lowest BCUT2D eigenvalue weighted by molar-refractivity contribution is -0.384. The Morgan fingerprint density at radius 1 is 1.06 bits per heavy atom. The standard InChI is InChI=1S/C24H22ClN3O4S/c1-3-22(24(30)27-21-14-19(28(31)32)11-10-15(21)2)33-20-9-5-8-18(13-20)26-23(29)16-6-4-7-17(25)12-16/h4-14,22H,3H2,1-2H3,(H,26,29)(H,27,30). The molecule has 0 aliphatic rings. The third-order valence-electron chi connectivity index (χ3n) is 4.81. The average Bonchev–Trinajstić information content (AvgIpc) is 2.79. The molecule has 9 heteroatoms. The summed E-state index contributed by atoms with van der Waals surface area (Å²) in [6.07, 6.45) is 0.545. The molecule has 33 heavy (non-hydrogen) atoms. The predicted molar refractivity (Wildman–Crippen MR) is 132 cm³/mol. The Kier molecular flexibility index (Phi) is 8.08. The minimum absolute atomic E-state index is 0.0836. The molecule has 0 spiro atoms. The number of hydrogen-bond acceptors (Lipinski definition) is 5. The molecule has 0 radical (unpaired) electrons. The molecule has 3 aromatic rings. The number of rotatable bonds is 8. The lowest BCUT2D eigenvalue weighted by Crippen LogP contribution is -2.25. The zero-order chi connectivity index (χ0) is 24.0. The molecule has 3 aromatic carbocycles. The fourth-order valence-corrected chi connectivity index (χ4v) is 4.24. The van der Waals surface area contributed by atoms with Crippen LogP contribution in [0.2, 0.25) is 5.02 Å². The second-order valence-electron chi connectivity index (χ2n) is 7.25.